The second-order valence-electron chi connectivity index (χ2n) is 5.67. The number of nitrogens with zero attached hydrogens (tertiary/aromatic N) is 2. The molecule has 7 nitrogen and oxygen atoms in total. The van der Waals surface area contributed by atoms with E-state index in [-0.39, 0.29) is 17.9 Å². The number of pyridine rings is 1. The lowest BCUT2D eigenvalue weighted by molar-refractivity contribution is -0.384. The van der Waals surface area contributed by atoms with Crippen LogP contribution in [0.3, 0.4) is 0 Å². The maximum atomic E-state index is 12.3. The topological polar surface area (TPSA) is 94.4 Å². The molecular weight excluding hydrogens is 334 g/mol. The molecule has 0 aliphatic carbocycles. The average molecular weight is 351 g/mol. The first kappa shape index (κ1) is 17.3. The molecule has 3 rings (SSSR count). The Morgan fingerprint density at radius 2 is 2.04 bits per heavy atom. The van der Waals surface area contributed by atoms with Crippen molar-refractivity contribution in [2.75, 3.05) is 11.9 Å². The lowest BCUT2D eigenvalue weighted by Crippen LogP contribution is -2.09. The van der Waals surface area contributed by atoms with E-state index >= 15 is 0 Å². The van der Waals surface area contributed by atoms with Gasteiger partial charge in [0.25, 0.3) is 5.69 Å². The zero-order chi connectivity index (χ0) is 18.7. The van der Waals surface area contributed by atoms with Gasteiger partial charge in [-0.2, -0.15) is 0 Å². The Hall–Kier alpha value is -3.48. The summed E-state index contributed by atoms with van der Waals surface area (Å²) in [5, 5.41) is 14.9. The van der Waals surface area contributed by atoms with Crippen molar-refractivity contribution < 1.29 is 14.5 Å². The van der Waals surface area contributed by atoms with E-state index in [2.05, 4.69) is 10.3 Å². The van der Waals surface area contributed by atoms with E-state index in [1.807, 2.05) is 25.1 Å². The number of hydrogen-bond acceptors (Lipinski definition) is 6. The van der Waals surface area contributed by atoms with Gasteiger partial charge in [-0.05, 0) is 25.5 Å². The minimum atomic E-state index is -0.503. The molecule has 0 atom stereocenters. The first-order chi connectivity index (χ1) is 12.5. The van der Waals surface area contributed by atoms with E-state index in [1.165, 1.54) is 18.3 Å². The first-order valence-corrected chi connectivity index (χ1v) is 8.08. The van der Waals surface area contributed by atoms with Gasteiger partial charge in [0.1, 0.15) is 5.56 Å². The highest BCUT2D eigenvalue weighted by atomic mass is 16.6. The van der Waals surface area contributed by atoms with Crippen molar-refractivity contribution in [2.45, 2.75) is 13.8 Å². The second-order valence-corrected chi connectivity index (χ2v) is 5.67. The number of nitro benzene ring substituents is 1. The lowest BCUT2D eigenvalue weighted by atomic mass is 10.1. The van der Waals surface area contributed by atoms with Gasteiger partial charge in [0.15, 0.2) is 0 Å². The number of benzene rings is 2. The van der Waals surface area contributed by atoms with Gasteiger partial charge in [-0.3, -0.25) is 15.1 Å². The third-order valence-electron chi connectivity index (χ3n) is 3.92. The molecule has 0 saturated carbocycles. The minimum absolute atomic E-state index is 0.0396. The molecule has 2 aromatic carbocycles. The number of nitro groups is 1. The summed E-state index contributed by atoms with van der Waals surface area (Å²) in [4.78, 5) is 27.3. The summed E-state index contributed by atoms with van der Waals surface area (Å²) < 4.78 is 5.12. The molecule has 26 heavy (non-hydrogen) atoms. The van der Waals surface area contributed by atoms with E-state index in [4.69, 9.17) is 4.74 Å². The molecule has 0 amide bonds. The van der Waals surface area contributed by atoms with Crippen LogP contribution < -0.4 is 5.32 Å². The molecule has 1 aromatic heterocycles. The molecule has 3 aromatic rings. The number of carbonyl (C=O) groups excluding carboxylic acids is 1. The van der Waals surface area contributed by atoms with Crippen LogP contribution in [0.5, 0.6) is 0 Å². The van der Waals surface area contributed by atoms with Gasteiger partial charge < -0.3 is 10.1 Å². The van der Waals surface area contributed by atoms with Crippen molar-refractivity contribution >= 4 is 33.9 Å². The Kier molecular flexibility index (Phi) is 4.79. The molecular formula is C19H17N3O4. The van der Waals surface area contributed by atoms with Crippen molar-refractivity contribution in [1.82, 2.24) is 4.98 Å². The molecule has 7 heteroatoms. The maximum absolute atomic E-state index is 12.3. The highest BCUT2D eigenvalue weighted by molar-refractivity contribution is 6.06. The number of para-hydroxylation sites is 1. The van der Waals surface area contributed by atoms with Crippen LogP contribution in [0, 0.1) is 17.0 Å². The van der Waals surface area contributed by atoms with E-state index < -0.39 is 10.9 Å². The van der Waals surface area contributed by atoms with Crippen molar-refractivity contribution in [3.8, 4) is 0 Å². The zero-order valence-corrected chi connectivity index (χ0v) is 14.4. The average Bonchev–Trinajstić information content (AvgIpc) is 2.63. The number of aromatic nitrogens is 1. The summed E-state index contributed by atoms with van der Waals surface area (Å²) in [5.74, 6) is -0.503. The second kappa shape index (κ2) is 7.18. The highest BCUT2D eigenvalue weighted by Gasteiger charge is 2.18. The summed E-state index contributed by atoms with van der Waals surface area (Å²) in [6, 6.07) is 11.7. The molecule has 0 saturated heterocycles. The van der Waals surface area contributed by atoms with Crippen LogP contribution in [0.25, 0.3) is 10.9 Å². The van der Waals surface area contributed by atoms with Crippen molar-refractivity contribution in [1.29, 1.82) is 0 Å². The molecule has 0 fully saturated rings. The number of non-ortho nitro benzene ring substituents is 1. The van der Waals surface area contributed by atoms with Crippen LogP contribution in [0.2, 0.25) is 0 Å². The number of aryl methyl sites for hydroxylation is 1. The largest absolute Gasteiger partial charge is 0.462 e. The normalized spacial score (nSPS) is 10.5. The van der Waals surface area contributed by atoms with Crippen molar-refractivity contribution in [3.63, 3.8) is 0 Å². The van der Waals surface area contributed by atoms with Crippen LogP contribution in [0.4, 0.5) is 17.1 Å². The van der Waals surface area contributed by atoms with Crippen LogP contribution >= 0.6 is 0 Å². The number of esters is 1. The standard InChI is InChI=1S/C19H17N3O4/c1-3-26-19(23)16-11-20-17-12(2)6-4-9-15(17)18(16)21-13-7-5-8-14(10-13)22(24)25/h4-11H,3H2,1-2H3,(H,20,21). The smallest absolute Gasteiger partial charge is 0.341 e. The molecule has 132 valence electrons. The fourth-order valence-corrected chi connectivity index (χ4v) is 2.71. The van der Waals surface area contributed by atoms with Gasteiger partial charge in [-0.15, -0.1) is 0 Å². The number of fused-ring (bicyclic) bond motifs is 1. The predicted octanol–water partition coefficient (Wildman–Crippen LogP) is 4.37. The fraction of sp³-hybridized carbons (Fsp3) is 0.158. The Morgan fingerprint density at radius 3 is 2.77 bits per heavy atom. The quantitative estimate of drug-likeness (QED) is 0.417. The summed E-state index contributed by atoms with van der Waals surface area (Å²) >= 11 is 0. The van der Waals surface area contributed by atoms with Crippen molar-refractivity contribution in [2.24, 2.45) is 0 Å². The van der Waals surface area contributed by atoms with E-state index in [0.717, 1.165) is 16.5 Å². The van der Waals surface area contributed by atoms with Crippen LogP contribution in [0.1, 0.15) is 22.8 Å². The Labute approximate surface area is 149 Å². The molecule has 0 radical (unpaired) electrons. The summed E-state index contributed by atoms with van der Waals surface area (Å²) in [6.07, 6.45) is 1.47. The van der Waals surface area contributed by atoms with Gasteiger partial charge in [0, 0.05) is 29.4 Å². The van der Waals surface area contributed by atoms with Crippen molar-refractivity contribution in [3.05, 3.63) is 69.9 Å². The fourth-order valence-electron chi connectivity index (χ4n) is 2.71. The third-order valence-corrected chi connectivity index (χ3v) is 3.92. The minimum Gasteiger partial charge on any atom is -0.462 e. The molecule has 1 heterocycles. The number of carbonyl (C=O) groups is 1. The molecule has 0 aliphatic rings. The van der Waals surface area contributed by atoms with Gasteiger partial charge in [-0.1, -0.05) is 24.3 Å². The van der Waals surface area contributed by atoms with Crippen LogP contribution in [-0.2, 0) is 4.74 Å². The molecule has 0 unspecified atom stereocenters. The third kappa shape index (κ3) is 3.32. The number of nitrogens with one attached hydrogen (secondary N) is 1. The SMILES string of the molecule is CCOC(=O)c1cnc2c(C)cccc2c1Nc1cccc([N+](=O)[O-])c1. The zero-order valence-electron chi connectivity index (χ0n) is 14.4. The van der Waals surface area contributed by atoms with Crippen LogP contribution in [0.15, 0.2) is 48.7 Å². The highest BCUT2D eigenvalue weighted by Crippen LogP contribution is 2.32. The Balaban J connectivity index is 2.16. The van der Waals surface area contributed by atoms with E-state index in [1.54, 1.807) is 19.1 Å². The Morgan fingerprint density at radius 1 is 1.27 bits per heavy atom. The Bertz CT molecular complexity index is 1000. The molecule has 1 N–H and O–H groups in total. The maximum Gasteiger partial charge on any atom is 0.341 e. The monoisotopic (exact) mass is 351 g/mol. The van der Waals surface area contributed by atoms with Gasteiger partial charge in [-0.25, -0.2) is 4.79 Å². The predicted molar refractivity (Wildman–Crippen MR) is 98.8 cm³/mol. The summed E-state index contributed by atoms with van der Waals surface area (Å²) in [6.45, 7) is 3.89. The molecule has 0 bridgehead atoms. The molecule has 0 aliphatic heterocycles. The molecule has 0 spiro atoms. The number of rotatable bonds is 5. The number of hydrogen-bond donors (Lipinski definition) is 1. The van der Waals surface area contributed by atoms with Gasteiger partial charge in [0.2, 0.25) is 0 Å². The number of ether oxygens (including phenoxy) is 1. The first-order valence-electron chi connectivity index (χ1n) is 8.08. The lowest BCUT2D eigenvalue weighted by Gasteiger charge is -2.15. The summed E-state index contributed by atoms with van der Waals surface area (Å²) in [5.41, 5.74) is 2.95. The van der Waals surface area contributed by atoms with E-state index in [0.29, 0.717) is 11.4 Å². The summed E-state index contributed by atoms with van der Waals surface area (Å²) in [7, 11) is 0. The number of anilines is 2. The van der Waals surface area contributed by atoms with Gasteiger partial charge in [0.05, 0.1) is 22.7 Å². The van der Waals surface area contributed by atoms with Crippen LogP contribution in [-0.4, -0.2) is 22.5 Å². The van der Waals surface area contributed by atoms with Gasteiger partial charge >= 0.3 is 5.97 Å². The van der Waals surface area contributed by atoms with E-state index in [9.17, 15) is 14.9 Å².